The lowest BCUT2D eigenvalue weighted by Crippen LogP contribution is -2.28. The zero-order valence-corrected chi connectivity index (χ0v) is 11.4. The molecule has 20 heavy (non-hydrogen) atoms. The van der Waals surface area contributed by atoms with Crippen LogP contribution < -0.4 is 5.32 Å². The second-order valence-electron chi connectivity index (χ2n) is 4.31. The average molecular weight is 287 g/mol. The second kappa shape index (κ2) is 5.79. The first kappa shape index (κ1) is 12.7. The van der Waals surface area contributed by atoms with E-state index in [-0.39, 0.29) is 11.8 Å². The van der Waals surface area contributed by atoms with Crippen molar-refractivity contribution in [3.05, 3.63) is 70.7 Å². The van der Waals surface area contributed by atoms with E-state index < -0.39 is 0 Å². The van der Waals surface area contributed by atoms with Crippen LogP contribution in [-0.2, 0) is 0 Å². The predicted octanol–water partition coefficient (Wildman–Crippen LogP) is 3.50. The maximum Gasteiger partial charge on any atom is 0.252 e. The summed E-state index contributed by atoms with van der Waals surface area (Å²) in [4.78, 5) is 12.0. The minimum Gasteiger partial charge on any atom is -0.469 e. The van der Waals surface area contributed by atoms with Crippen LogP contribution in [-0.4, -0.2) is 12.5 Å². The molecule has 0 bridgehead atoms. The number of nitrogens with one attached hydrogen (secondary N) is 1. The van der Waals surface area contributed by atoms with Crippen LogP contribution in [0.2, 0.25) is 0 Å². The molecule has 5 heteroatoms. The van der Waals surface area contributed by atoms with Gasteiger partial charge in [-0.05, 0) is 35.7 Å². The topological polar surface area (TPSA) is 55.4 Å². The summed E-state index contributed by atoms with van der Waals surface area (Å²) in [7, 11) is 0. The molecule has 0 spiro atoms. The molecule has 0 atom stereocenters. The van der Waals surface area contributed by atoms with Crippen LogP contribution in [0.5, 0.6) is 0 Å². The number of thiophene rings is 1. The van der Waals surface area contributed by atoms with Crippen molar-refractivity contribution in [1.29, 1.82) is 0 Å². The molecule has 102 valence electrons. The largest absolute Gasteiger partial charge is 0.469 e. The fraction of sp³-hybridized carbons (Fsp3) is 0.133. The summed E-state index contributed by atoms with van der Waals surface area (Å²) < 4.78 is 10.9. The van der Waals surface area contributed by atoms with Crippen LogP contribution in [0.25, 0.3) is 0 Å². The van der Waals surface area contributed by atoms with Gasteiger partial charge >= 0.3 is 0 Å². The maximum absolute atomic E-state index is 12.0. The van der Waals surface area contributed by atoms with Gasteiger partial charge in [-0.15, -0.1) is 0 Å². The predicted molar refractivity (Wildman–Crippen MR) is 75.9 cm³/mol. The highest BCUT2D eigenvalue weighted by molar-refractivity contribution is 7.08. The molecule has 3 rings (SSSR count). The summed E-state index contributed by atoms with van der Waals surface area (Å²) in [6.45, 7) is 0.426. The van der Waals surface area contributed by atoms with E-state index in [2.05, 4.69) is 5.32 Å². The molecule has 0 aliphatic heterocycles. The van der Waals surface area contributed by atoms with Crippen LogP contribution in [0.1, 0.15) is 27.8 Å². The fourth-order valence-electron chi connectivity index (χ4n) is 2.01. The number of carbonyl (C=O) groups excluding carboxylic acids is 1. The Balaban J connectivity index is 1.73. The lowest BCUT2D eigenvalue weighted by atomic mass is 10.0. The Kier molecular flexibility index (Phi) is 3.69. The third-order valence-corrected chi connectivity index (χ3v) is 3.71. The quantitative estimate of drug-likeness (QED) is 0.781. The highest BCUT2D eigenvalue weighted by atomic mass is 32.1. The van der Waals surface area contributed by atoms with Gasteiger partial charge in [0.1, 0.15) is 11.5 Å². The lowest BCUT2D eigenvalue weighted by Gasteiger charge is -2.13. The summed E-state index contributed by atoms with van der Waals surface area (Å²) in [5, 5.41) is 6.61. The normalized spacial score (nSPS) is 10.8. The van der Waals surface area contributed by atoms with Crippen LogP contribution in [0.15, 0.2) is 62.5 Å². The van der Waals surface area contributed by atoms with Crippen molar-refractivity contribution >= 4 is 17.2 Å². The van der Waals surface area contributed by atoms with E-state index in [4.69, 9.17) is 8.83 Å². The Morgan fingerprint density at radius 1 is 1.15 bits per heavy atom. The van der Waals surface area contributed by atoms with Gasteiger partial charge in [0.2, 0.25) is 0 Å². The number of hydrogen-bond donors (Lipinski definition) is 1. The molecular formula is C15H13NO3S. The molecule has 3 aromatic rings. The molecule has 0 saturated carbocycles. The van der Waals surface area contributed by atoms with Crippen LogP contribution >= 0.6 is 11.3 Å². The first-order valence-electron chi connectivity index (χ1n) is 6.22. The highest BCUT2D eigenvalue weighted by Gasteiger charge is 2.20. The first-order valence-corrected chi connectivity index (χ1v) is 7.16. The van der Waals surface area contributed by atoms with Crippen molar-refractivity contribution in [2.45, 2.75) is 5.92 Å². The van der Waals surface area contributed by atoms with Crippen molar-refractivity contribution in [1.82, 2.24) is 5.32 Å². The second-order valence-corrected chi connectivity index (χ2v) is 5.09. The molecule has 0 saturated heterocycles. The van der Waals surface area contributed by atoms with Crippen molar-refractivity contribution in [2.24, 2.45) is 0 Å². The Morgan fingerprint density at radius 3 is 2.35 bits per heavy atom. The zero-order chi connectivity index (χ0) is 13.8. The summed E-state index contributed by atoms with van der Waals surface area (Å²) in [6.07, 6.45) is 3.23. The van der Waals surface area contributed by atoms with E-state index in [0.717, 1.165) is 11.5 Å². The van der Waals surface area contributed by atoms with Crippen molar-refractivity contribution < 1.29 is 13.6 Å². The molecule has 0 aliphatic rings. The summed E-state index contributed by atoms with van der Waals surface area (Å²) in [6, 6.07) is 9.21. The average Bonchev–Trinajstić information content (AvgIpc) is 3.22. The number of hydrogen-bond acceptors (Lipinski definition) is 4. The van der Waals surface area contributed by atoms with Gasteiger partial charge in [-0.3, -0.25) is 4.79 Å². The molecule has 0 radical (unpaired) electrons. The Hall–Kier alpha value is -2.27. The SMILES string of the molecule is O=C(NCC(c1ccco1)c1ccco1)c1ccsc1. The number of carbonyl (C=O) groups is 1. The van der Waals surface area contributed by atoms with Crippen LogP contribution in [0.3, 0.4) is 0 Å². The molecule has 3 heterocycles. The Morgan fingerprint density at radius 2 is 1.85 bits per heavy atom. The van der Waals surface area contributed by atoms with Gasteiger partial charge in [-0.2, -0.15) is 11.3 Å². The molecule has 1 amide bonds. The number of amides is 1. The van der Waals surface area contributed by atoms with Gasteiger partial charge in [0, 0.05) is 17.5 Å². The maximum atomic E-state index is 12.0. The van der Waals surface area contributed by atoms with Gasteiger partial charge < -0.3 is 14.2 Å². The summed E-state index contributed by atoms with van der Waals surface area (Å²) >= 11 is 1.50. The Labute approximate surface area is 120 Å². The molecule has 0 aromatic carbocycles. The summed E-state index contributed by atoms with van der Waals surface area (Å²) in [5.74, 6) is 1.33. The molecule has 1 N–H and O–H groups in total. The monoisotopic (exact) mass is 287 g/mol. The Bertz CT molecular complexity index is 607. The third-order valence-electron chi connectivity index (χ3n) is 3.02. The van der Waals surface area contributed by atoms with E-state index in [0.29, 0.717) is 12.1 Å². The number of rotatable bonds is 5. The molecular weight excluding hydrogens is 274 g/mol. The van der Waals surface area contributed by atoms with E-state index in [1.54, 1.807) is 18.6 Å². The van der Waals surface area contributed by atoms with E-state index in [1.807, 2.05) is 35.0 Å². The van der Waals surface area contributed by atoms with Crippen molar-refractivity contribution in [3.8, 4) is 0 Å². The van der Waals surface area contributed by atoms with Gasteiger partial charge in [-0.25, -0.2) is 0 Å². The standard InChI is InChI=1S/C15H13NO3S/c17-15(11-5-8-20-10-11)16-9-12(13-3-1-6-18-13)14-4-2-7-19-14/h1-8,10,12H,9H2,(H,16,17). The van der Waals surface area contributed by atoms with E-state index in [9.17, 15) is 4.79 Å². The van der Waals surface area contributed by atoms with Crippen LogP contribution in [0.4, 0.5) is 0 Å². The molecule has 0 aliphatic carbocycles. The summed E-state index contributed by atoms with van der Waals surface area (Å²) in [5.41, 5.74) is 0.674. The van der Waals surface area contributed by atoms with Crippen LogP contribution in [0, 0.1) is 0 Å². The van der Waals surface area contributed by atoms with E-state index >= 15 is 0 Å². The van der Waals surface area contributed by atoms with Gasteiger partial charge in [-0.1, -0.05) is 0 Å². The smallest absolute Gasteiger partial charge is 0.252 e. The van der Waals surface area contributed by atoms with Crippen molar-refractivity contribution in [3.63, 3.8) is 0 Å². The fourth-order valence-corrected chi connectivity index (χ4v) is 2.65. The van der Waals surface area contributed by atoms with Gasteiger partial charge in [0.05, 0.1) is 18.4 Å². The zero-order valence-electron chi connectivity index (χ0n) is 10.6. The van der Waals surface area contributed by atoms with Gasteiger partial charge in [0.15, 0.2) is 0 Å². The van der Waals surface area contributed by atoms with Crippen molar-refractivity contribution in [2.75, 3.05) is 6.54 Å². The third kappa shape index (κ3) is 2.67. The molecule has 0 unspecified atom stereocenters. The molecule has 3 aromatic heterocycles. The number of furan rings is 2. The van der Waals surface area contributed by atoms with E-state index in [1.165, 1.54) is 11.3 Å². The minimum atomic E-state index is -0.123. The molecule has 0 fully saturated rings. The molecule has 4 nitrogen and oxygen atoms in total. The first-order chi connectivity index (χ1) is 9.84. The minimum absolute atomic E-state index is 0.0886. The lowest BCUT2D eigenvalue weighted by molar-refractivity contribution is 0.0951. The highest BCUT2D eigenvalue weighted by Crippen LogP contribution is 2.24. The van der Waals surface area contributed by atoms with Gasteiger partial charge in [0.25, 0.3) is 5.91 Å².